The molecule has 0 bridgehead atoms. The normalized spacial score (nSPS) is 16.5. The quantitative estimate of drug-likeness (QED) is 0.645. The number of carbonyl (C=O) groups is 1. The summed E-state index contributed by atoms with van der Waals surface area (Å²) in [6.45, 7) is 3.56. The van der Waals surface area contributed by atoms with Gasteiger partial charge < -0.3 is 20.1 Å². The summed E-state index contributed by atoms with van der Waals surface area (Å²) in [6, 6.07) is 0.00213. The highest BCUT2D eigenvalue weighted by atomic mass is 16.5. The summed E-state index contributed by atoms with van der Waals surface area (Å²) in [6.07, 6.45) is 2.70. The predicted octanol–water partition coefficient (Wildman–Crippen LogP) is 0.191. The lowest BCUT2D eigenvalue weighted by Crippen LogP contribution is -2.46. The molecule has 1 saturated heterocycles. The minimum Gasteiger partial charge on any atom is -0.396 e. The van der Waals surface area contributed by atoms with E-state index in [0.717, 1.165) is 19.3 Å². The second kappa shape index (κ2) is 7.48. The van der Waals surface area contributed by atoms with E-state index in [1.165, 1.54) is 0 Å². The third-order valence-electron chi connectivity index (χ3n) is 2.41. The fourth-order valence-electron chi connectivity index (χ4n) is 1.49. The summed E-state index contributed by atoms with van der Waals surface area (Å²) in [5.41, 5.74) is 0. The number of nitrogens with one attached hydrogen (secondary N) is 1. The Balaban J connectivity index is 2.02. The summed E-state index contributed by atoms with van der Waals surface area (Å²) in [5.74, 6) is 0. The average Bonchev–Trinajstić information content (AvgIpc) is 2.30. The van der Waals surface area contributed by atoms with Crippen molar-refractivity contribution >= 4 is 6.03 Å². The number of urea groups is 1. The van der Waals surface area contributed by atoms with Gasteiger partial charge in [0.05, 0.1) is 13.2 Å². The van der Waals surface area contributed by atoms with Gasteiger partial charge in [-0.05, 0) is 19.3 Å². The number of ether oxygens (including phenoxy) is 1. The third-order valence-corrected chi connectivity index (χ3v) is 2.41. The standard InChI is InChI=1S/C10H20N2O3/c13-7-3-1-2-4-11-10(14)12-5-8-15-9-6-12/h13H,1-9H2,(H,11,14). The summed E-state index contributed by atoms with van der Waals surface area (Å²) >= 11 is 0. The molecule has 0 aromatic rings. The van der Waals surface area contributed by atoms with Gasteiger partial charge in [-0.3, -0.25) is 0 Å². The van der Waals surface area contributed by atoms with Crippen LogP contribution in [0, 0.1) is 0 Å². The van der Waals surface area contributed by atoms with Crippen LogP contribution in [0.5, 0.6) is 0 Å². The summed E-state index contributed by atoms with van der Waals surface area (Å²) in [5, 5.41) is 11.4. The molecule has 0 saturated carbocycles. The van der Waals surface area contributed by atoms with Crippen molar-refractivity contribution in [2.75, 3.05) is 39.5 Å². The van der Waals surface area contributed by atoms with E-state index in [4.69, 9.17) is 9.84 Å². The van der Waals surface area contributed by atoms with Gasteiger partial charge in [-0.25, -0.2) is 4.79 Å². The molecule has 0 atom stereocenters. The van der Waals surface area contributed by atoms with Crippen LogP contribution in [0.4, 0.5) is 4.79 Å². The van der Waals surface area contributed by atoms with Crippen LogP contribution in [0.15, 0.2) is 0 Å². The van der Waals surface area contributed by atoms with E-state index in [1.807, 2.05) is 0 Å². The Hall–Kier alpha value is -0.810. The zero-order chi connectivity index (χ0) is 10.9. The number of aliphatic hydroxyl groups is 1. The highest BCUT2D eigenvalue weighted by Gasteiger charge is 2.15. The average molecular weight is 216 g/mol. The second-order valence-corrected chi connectivity index (χ2v) is 3.62. The van der Waals surface area contributed by atoms with Gasteiger partial charge in [0.25, 0.3) is 0 Å². The van der Waals surface area contributed by atoms with Crippen LogP contribution < -0.4 is 5.32 Å². The van der Waals surface area contributed by atoms with Gasteiger partial charge in [0, 0.05) is 26.2 Å². The van der Waals surface area contributed by atoms with Gasteiger partial charge in [0.15, 0.2) is 0 Å². The lowest BCUT2D eigenvalue weighted by atomic mass is 10.2. The van der Waals surface area contributed by atoms with Crippen molar-refractivity contribution < 1.29 is 14.6 Å². The van der Waals surface area contributed by atoms with E-state index < -0.39 is 0 Å². The van der Waals surface area contributed by atoms with E-state index in [1.54, 1.807) is 4.90 Å². The Kier molecular flexibility index (Phi) is 6.11. The summed E-state index contributed by atoms with van der Waals surface area (Å²) in [7, 11) is 0. The van der Waals surface area contributed by atoms with Gasteiger partial charge in [-0.1, -0.05) is 0 Å². The fourth-order valence-corrected chi connectivity index (χ4v) is 1.49. The number of aliphatic hydroxyl groups excluding tert-OH is 1. The Labute approximate surface area is 90.4 Å². The first-order chi connectivity index (χ1) is 7.34. The topological polar surface area (TPSA) is 61.8 Å². The van der Waals surface area contributed by atoms with Crippen LogP contribution in [0.3, 0.4) is 0 Å². The maximum Gasteiger partial charge on any atom is 0.317 e. The Morgan fingerprint density at radius 1 is 1.27 bits per heavy atom. The van der Waals surface area contributed by atoms with E-state index in [-0.39, 0.29) is 12.6 Å². The molecule has 0 radical (unpaired) electrons. The zero-order valence-corrected chi connectivity index (χ0v) is 9.07. The SMILES string of the molecule is O=C(NCCCCCO)N1CCOCC1. The first-order valence-corrected chi connectivity index (χ1v) is 5.56. The number of nitrogens with zero attached hydrogens (tertiary/aromatic N) is 1. The lowest BCUT2D eigenvalue weighted by Gasteiger charge is -2.26. The molecule has 1 rings (SSSR count). The largest absolute Gasteiger partial charge is 0.396 e. The molecular formula is C10H20N2O3. The number of hydrogen-bond acceptors (Lipinski definition) is 3. The van der Waals surface area contributed by atoms with Crippen LogP contribution >= 0.6 is 0 Å². The molecule has 5 heteroatoms. The van der Waals surface area contributed by atoms with Crippen LogP contribution in [0.2, 0.25) is 0 Å². The van der Waals surface area contributed by atoms with Crippen molar-refractivity contribution in [3.8, 4) is 0 Å². The van der Waals surface area contributed by atoms with Crippen molar-refractivity contribution in [2.45, 2.75) is 19.3 Å². The van der Waals surface area contributed by atoms with Crippen LogP contribution in [-0.2, 0) is 4.74 Å². The molecule has 0 unspecified atom stereocenters. The van der Waals surface area contributed by atoms with Gasteiger partial charge in [-0.2, -0.15) is 0 Å². The molecule has 2 N–H and O–H groups in total. The number of unbranched alkanes of at least 4 members (excludes halogenated alkanes) is 2. The molecule has 15 heavy (non-hydrogen) atoms. The van der Waals surface area contributed by atoms with Crippen molar-refractivity contribution in [3.05, 3.63) is 0 Å². The minimum atomic E-state index is 0.00213. The number of amides is 2. The molecule has 2 amide bonds. The molecule has 1 aliphatic heterocycles. The monoisotopic (exact) mass is 216 g/mol. The first kappa shape index (κ1) is 12.3. The predicted molar refractivity (Wildman–Crippen MR) is 56.7 cm³/mol. The molecule has 1 aliphatic rings. The third kappa shape index (κ3) is 4.99. The smallest absolute Gasteiger partial charge is 0.317 e. The van der Waals surface area contributed by atoms with E-state index in [9.17, 15) is 4.79 Å². The molecular weight excluding hydrogens is 196 g/mol. The van der Waals surface area contributed by atoms with Gasteiger partial charge in [0.2, 0.25) is 0 Å². The molecule has 0 aromatic carbocycles. The summed E-state index contributed by atoms with van der Waals surface area (Å²) < 4.78 is 5.16. The maximum absolute atomic E-state index is 11.5. The highest BCUT2D eigenvalue weighted by Crippen LogP contribution is 1.97. The van der Waals surface area contributed by atoms with E-state index in [0.29, 0.717) is 32.8 Å². The van der Waals surface area contributed by atoms with Gasteiger partial charge in [-0.15, -0.1) is 0 Å². The van der Waals surface area contributed by atoms with Crippen LogP contribution in [-0.4, -0.2) is 55.5 Å². The lowest BCUT2D eigenvalue weighted by molar-refractivity contribution is 0.0532. The highest BCUT2D eigenvalue weighted by molar-refractivity contribution is 5.74. The van der Waals surface area contributed by atoms with Crippen molar-refractivity contribution in [1.82, 2.24) is 10.2 Å². The number of rotatable bonds is 5. The Bertz CT molecular complexity index is 182. The van der Waals surface area contributed by atoms with Crippen molar-refractivity contribution in [1.29, 1.82) is 0 Å². The molecule has 5 nitrogen and oxygen atoms in total. The summed E-state index contributed by atoms with van der Waals surface area (Å²) in [4.78, 5) is 13.3. The van der Waals surface area contributed by atoms with Crippen molar-refractivity contribution in [2.24, 2.45) is 0 Å². The number of morpholine rings is 1. The zero-order valence-electron chi connectivity index (χ0n) is 9.07. The second-order valence-electron chi connectivity index (χ2n) is 3.62. The maximum atomic E-state index is 11.5. The van der Waals surface area contributed by atoms with E-state index >= 15 is 0 Å². The molecule has 0 aromatic heterocycles. The number of hydrogen-bond donors (Lipinski definition) is 2. The molecule has 1 fully saturated rings. The molecule has 88 valence electrons. The Morgan fingerprint density at radius 2 is 2.00 bits per heavy atom. The fraction of sp³-hybridized carbons (Fsp3) is 0.900. The van der Waals surface area contributed by atoms with Gasteiger partial charge in [0.1, 0.15) is 0 Å². The Morgan fingerprint density at radius 3 is 2.67 bits per heavy atom. The minimum absolute atomic E-state index is 0.00213. The van der Waals surface area contributed by atoms with Crippen molar-refractivity contribution in [3.63, 3.8) is 0 Å². The van der Waals surface area contributed by atoms with Crippen LogP contribution in [0.25, 0.3) is 0 Å². The molecule has 0 spiro atoms. The first-order valence-electron chi connectivity index (χ1n) is 5.56. The molecule has 0 aliphatic carbocycles. The number of carbonyl (C=O) groups excluding carboxylic acids is 1. The van der Waals surface area contributed by atoms with Gasteiger partial charge >= 0.3 is 6.03 Å². The van der Waals surface area contributed by atoms with Crippen LogP contribution in [0.1, 0.15) is 19.3 Å². The molecule has 1 heterocycles. The van der Waals surface area contributed by atoms with E-state index in [2.05, 4.69) is 5.32 Å².